The molecule has 0 bridgehead atoms. The summed E-state index contributed by atoms with van der Waals surface area (Å²) in [5.74, 6) is -0.911. The highest BCUT2D eigenvalue weighted by Gasteiger charge is 2.36. The highest BCUT2D eigenvalue weighted by atomic mass is 16.4. The molecule has 114 valence electrons. The van der Waals surface area contributed by atoms with Crippen molar-refractivity contribution in [2.75, 3.05) is 13.1 Å². The molecule has 0 radical (unpaired) electrons. The monoisotopic (exact) mass is 282 g/mol. The number of rotatable bonds is 4. The van der Waals surface area contributed by atoms with E-state index in [1.165, 1.54) is 0 Å². The van der Waals surface area contributed by atoms with Gasteiger partial charge >= 0.3 is 5.97 Å². The van der Waals surface area contributed by atoms with E-state index in [2.05, 4.69) is 10.6 Å². The number of carboxylic acids is 1. The molecule has 1 saturated heterocycles. The number of nitrogens with one attached hydrogen (secondary N) is 2. The Hall–Kier alpha value is -1.10. The Bertz CT molecular complexity index is 364. The van der Waals surface area contributed by atoms with Gasteiger partial charge in [0.15, 0.2) is 0 Å². The zero-order valence-electron chi connectivity index (χ0n) is 12.3. The van der Waals surface area contributed by atoms with Gasteiger partial charge < -0.3 is 15.7 Å². The van der Waals surface area contributed by atoms with Crippen molar-refractivity contribution in [3.05, 3.63) is 0 Å². The number of amides is 1. The molecule has 2 fully saturated rings. The van der Waals surface area contributed by atoms with Crippen molar-refractivity contribution < 1.29 is 14.7 Å². The summed E-state index contributed by atoms with van der Waals surface area (Å²) in [5, 5.41) is 15.5. The molecule has 3 N–H and O–H groups in total. The predicted octanol–water partition coefficient (Wildman–Crippen LogP) is 1.53. The van der Waals surface area contributed by atoms with Crippen LogP contribution in [0.15, 0.2) is 0 Å². The third kappa shape index (κ3) is 3.51. The number of hydrogen-bond acceptors (Lipinski definition) is 3. The average Bonchev–Trinajstić information content (AvgIpc) is 2.45. The van der Waals surface area contributed by atoms with Crippen molar-refractivity contribution in [3.63, 3.8) is 0 Å². The fourth-order valence-electron chi connectivity index (χ4n) is 3.45. The summed E-state index contributed by atoms with van der Waals surface area (Å²) in [5.41, 5.74) is -0.481. The van der Waals surface area contributed by atoms with Crippen LogP contribution in [0, 0.1) is 11.8 Å². The molecule has 2 aliphatic rings. The molecular formula is C15H26N2O3. The van der Waals surface area contributed by atoms with Gasteiger partial charge in [-0.3, -0.25) is 9.59 Å². The molecule has 1 aliphatic carbocycles. The smallest absolute Gasteiger partial charge is 0.306 e. The van der Waals surface area contributed by atoms with E-state index in [4.69, 9.17) is 0 Å². The second-order valence-electron chi connectivity index (χ2n) is 6.42. The van der Waals surface area contributed by atoms with Gasteiger partial charge in [-0.25, -0.2) is 0 Å². The zero-order chi connectivity index (χ0) is 14.6. The van der Waals surface area contributed by atoms with Crippen LogP contribution in [0.2, 0.25) is 0 Å². The van der Waals surface area contributed by atoms with Crippen LogP contribution in [0.5, 0.6) is 0 Å². The van der Waals surface area contributed by atoms with Crippen LogP contribution in [-0.2, 0) is 9.59 Å². The fourth-order valence-corrected chi connectivity index (χ4v) is 3.45. The zero-order valence-corrected chi connectivity index (χ0v) is 12.3. The minimum absolute atomic E-state index is 0.0203. The standard InChI is InChI=1S/C15H26N2O3/c1-15(8-4-5-9-17-15)14(20)16-10-11-6-2-3-7-12(11)13(18)19/h11-12,17H,2-10H2,1H3,(H,16,20)(H,18,19). The maximum absolute atomic E-state index is 12.3. The fraction of sp³-hybridized carbons (Fsp3) is 0.867. The summed E-state index contributed by atoms with van der Waals surface area (Å²) < 4.78 is 0. The molecule has 0 aromatic heterocycles. The van der Waals surface area contributed by atoms with Crippen LogP contribution in [0.25, 0.3) is 0 Å². The molecule has 0 spiro atoms. The van der Waals surface area contributed by atoms with E-state index in [0.29, 0.717) is 6.54 Å². The van der Waals surface area contributed by atoms with E-state index in [1.807, 2.05) is 6.92 Å². The van der Waals surface area contributed by atoms with Crippen LogP contribution in [0.3, 0.4) is 0 Å². The van der Waals surface area contributed by atoms with E-state index in [-0.39, 0.29) is 17.7 Å². The third-order valence-electron chi connectivity index (χ3n) is 4.87. The molecule has 5 nitrogen and oxygen atoms in total. The van der Waals surface area contributed by atoms with Gasteiger partial charge in [-0.15, -0.1) is 0 Å². The summed E-state index contributed by atoms with van der Waals surface area (Å²) in [4.78, 5) is 23.6. The normalized spacial score (nSPS) is 34.5. The lowest BCUT2D eigenvalue weighted by Crippen LogP contribution is -2.57. The van der Waals surface area contributed by atoms with Gasteiger partial charge in [-0.05, 0) is 51.5 Å². The van der Waals surface area contributed by atoms with Gasteiger partial charge in [-0.2, -0.15) is 0 Å². The maximum Gasteiger partial charge on any atom is 0.306 e. The van der Waals surface area contributed by atoms with E-state index in [9.17, 15) is 14.7 Å². The van der Waals surface area contributed by atoms with Crippen LogP contribution < -0.4 is 10.6 Å². The Morgan fingerprint density at radius 3 is 2.65 bits per heavy atom. The van der Waals surface area contributed by atoms with E-state index >= 15 is 0 Å². The highest BCUT2D eigenvalue weighted by molar-refractivity contribution is 5.86. The predicted molar refractivity (Wildman–Crippen MR) is 76.4 cm³/mol. The van der Waals surface area contributed by atoms with Crippen LogP contribution in [0.4, 0.5) is 0 Å². The molecule has 2 rings (SSSR count). The second-order valence-corrected chi connectivity index (χ2v) is 6.42. The Balaban J connectivity index is 1.86. The van der Waals surface area contributed by atoms with Crippen molar-refractivity contribution in [1.82, 2.24) is 10.6 Å². The number of hydrogen-bond donors (Lipinski definition) is 3. The first-order valence-corrected chi connectivity index (χ1v) is 7.79. The van der Waals surface area contributed by atoms with Gasteiger partial charge in [0, 0.05) is 6.54 Å². The highest BCUT2D eigenvalue weighted by Crippen LogP contribution is 2.30. The number of carboxylic acid groups (broad SMARTS) is 1. The first-order valence-electron chi connectivity index (χ1n) is 7.79. The van der Waals surface area contributed by atoms with Gasteiger partial charge in [0.2, 0.25) is 5.91 Å². The lowest BCUT2D eigenvalue weighted by Gasteiger charge is -2.35. The van der Waals surface area contributed by atoms with Gasteiger partial charge in [0.05, 0.1) is 11.5 Å². The molecule has 1 aliphatic heterocycles. The molecule has 1 amide bonds. The van der Waals surface area contributed by atoms with Crippen LogP contribution >= 0.6 is 0 Å². The van der Waals surface area contributed by atoms with Crippen molar-refractivity contribution >= 4 is 11.9 Å². The lowest BCUT2D eigenvalue weighted by molar-refractivity contribution is -0.145. The molecule has 3 atom stereocenters. The number of carbonyl (C=O) groups is 2. The summed E-state index contributed by atoms with van der Waals surface area (Å²) in [6, 6.07) is 0. The van der Waals surface area contributed by atoms with Crippen molar-refractivity contribution in [1.29, 1.82) is 0 Å². The van der Waals surface area contributed by atoms with Crippen LogP contribution in [0.1, 0.15) is 51.9 Å². The van der Waals surface area contributed by atoms with Crippen molar-refractivity contribution in [2.45, 2.75) is 57.4 Å². The summed E-state index contributed by atoms with van der Waals surface area (Å²) in [7, 11) is 0. The molecule has 0 aromatic carbocycles. The van der Waals surface area contributed by atoms with Gasteiger partial charge in [0.1, 0.15) is 0 Å². The summed E-state index contributed by atoms with van der Waals surface area (Å²) in [6.45, 7) is 3.31. The minimum atomic E-state index is -0.717. The SMILES string of the molecule is CC1(C(=O)NCC2CCCCC2C(=O)O)CCCCN1. The number of piperidine rings is 1. The Morgan fingerprint density at radius 2 is 2.00 bits per heavy atom. The summed E-state index contributed by atoms with van der Waals surface area (Å²) >= 11 is 0. The molecule has 1 heterocycles. The molecular weight excluding hydrogens is 256 g/mol. The Labute approximate surface area is 120 Å². The number of aliphatic carboxylic acids is 1. The van der Waals surface area contributed by atoms with E-state index < -0.39 is 11.5 Å². The summed E-state index contributed by atoms with van der Waals surface area (Å²) in [6.07, 6.45) is 6.74. The third-order valence-corrected chi connectivity index (χ3v) is 4.87. The first-order chi connectivity index (χ1) is 9.53. The molecule has 20 heavy (non-hydrogen) atoms. The molecule has 5 heteroatoms. The second kappa shape index (κ2) is 6.57. The quantitative estimate of drug-likeness (QED) is 0.730. The van der Waals surface area contributed by atoms with E-state index in [1.54, 1.807) is 0 Å². The molecule has 3 unspecified atom stereocenters. The molecule has 1 saturated carbocycles. The largest absolute Gasteiger partial charge is 0.481 e. The maximum atomic E-state index is 12.3. The van der Waals surface area contributed by atoms with E-state index in [0.717, 1.165) is 51.5 Å². The van der Waals surface area contributed by atoms with Crippen LogP contribution in [-0.4, -0.2) is 35.6 Å². The minimum Gasteiger partial charge on any atom is -0.481 e. The molecule has 0 aromatic rings. The average molecular weight is 282 g/mol. The van der Waals surface area contributed by atoms with Gasteiger partial charge in [0.25, 0.3) is 0 Å². The van der Waals surface area contributed by atoms with Gasteiger partial charge in [-0.1, -0.05) is 12.8 Å². The Morgan fingerprint density at radius 1 is 1.25 bits per heavy atom. The van der Waals surface area contributed by atoms with Crippen molar-refractivity contribution in [2.24, 2.45) is 11.8 Å². The Kier molecular flexibility index (Phi) is 5.02. The first kappa shape index (κ1) is 15.3. The number of carbonyl (C=O) groups excluding carboxylic acids is 1. The van der Waals surface area contributed by atoms with Crippen molar-refractivity contribution in [3.8, 4) is 0 Å². The topological polar surface area (TPSA) is 78.4 Å². The lowest BCUT2D eigenvalue weighted by atomic mass is 9.79.